The SMILES string of the molecule is O=C(COC(=O)c1ccc(-c2ccccc2)cc1)c1ccc(OC(F)F)cc1. The van der Waals surface area contributed by atoms with E-state index in [9.17, 15) is 18.4 Å². The van der Waals surface area contributed by atoms with Gasteiger partial charge in [-0.2, -0.15) is 8.78 Å². The fraction of sp³-hybridized carbons (Fsp3) is 0.0909. The number of ketones is 1. The fourth-order valence-electron chi connectivity index (χ4n) is 2.55. The van der Waals surface area contributed by atoms with E-state index in [-0.39, 0.29) is 11.3 Å². The number of Topliss-reactive ketones (excluding diaryl/α,β-unsaturated/α-hetero) is 1. The van der Waals surface area contributed by atoms with Gasteiger partial charge in [-0.05, 0) is 47.5 Å². The predicted molar refractivity (Wildman–Crippen MR) is 99.6 cm³/mol. The molecule has 0 aliphatic rings. The van der Waals surface area contributed by atoms with Crippen molar-refractivity contribution in [2.75, 3.05) is 6.61 Å². The summed E-state index contributed by atoms with van der Waals surface area (Å²) in [7, 11) is 0. The average molecular weight is 382 g/mol. The van der Waals surface area contributed by atoms with Crippen LogP contribution in [0.2, 0.25) is 0 Å². The summed E-state index contributed by atoms with van der Waals surface area (Å²) in [5.41, 5.74) is 2.54. The number of carbonyl (C=O) groups excluding carboxylic acids is 2. The van der Waals surface area contributed by atoms with Crippen molar-refractivity contribution in [3.63, 3.8) is 0 Å². The fourth-order valence-corrected chi connectivity index (χ4v) is 2.55. The lowest BCUT2D eigenvalue weighted by molar-refractivity contribution is -0.0498. The molecule has 0 saturated heterocycles. The smallest absolute Gasteiger partial charge is 0.387 e. The van der Waals surface area contributed by atoms with Crippen LogP contribution in [0.15, 0.2) is 78.9 Å². The van der Waals surface area contributed by atoms with E-state index in [0.29, 0.717) is 5.56 Å². The van der Waals surface area contributed by atoms with E-state index in [2.05, 4.69) is 4.74 Å². The van der Waals surface area contributed by atoms with Crippen LogP contribution in [0, 0.1) is 0 Å². The molecule has 0 aromatic heterocycles. The van der Waals surface area contributed by atoms with Gasteiger partial charge in [0.15, 0.2) is 12.4 Å². The normalized spacial score (nSPS) is 10.5. The maximum Gasteiger partial charge on any atom is 0.387 e. The molecule has 0 unspecified atom stereocenters. The van der Waals surface area contributed by atoms with Crippen molar-refractivity contribution in [2.24, 2.45) is 0 Å². The van der Waals surface area contributed by atoms with E-state index >= 15 is 0 Å². The second-order valence-electron chi connectivity index (χ2n) is 5.85. The first-order valence-corrected chi connectivity index (χ1v) is 8.43. The first kappa shape index (κ1) is 19.2. The molecule has 0 bridgehead atoms. The highest BCUT2D eigenvalue weighted by Gasteiger charge is 2.13. The summed E-state index contributed by atoms with van der Waals surface area (Å²) in [5.74, 6) is -1.12. The standard InChI is InChI=1S/C22H16F2O4/c23-22(24)28-19-12-10-17(11-13-19)20(25)14-27-21(26)18-8-6-16(7-9-18)15-4-2-1-3-5-15/h1-13,22H,14H2. The number of rotatable bonds is 7. The molecular formula is C22H16F2O4. The van der Waals surface area contributed by atoms with Gasteiger partial charge in [0.1, 0.15) is 5.75 Å². The largest absolute Gasteiger partial charge is 0.454 e. The Labute approximate surface area is 160 Å². The van der Waals surface area contributed by atoms with Crippen LogP contribution in [0.1, 0.15) is 20.7 Å². The monoisotopic (exact) mass is 382 g/mol. The number of hydrogen-bond acceptors (Lipinski definition) is 4. The van der Waals surface area contributed by atoms with Crippen molar-refractivity contribution in [3.05, 3.63) is 90.0 Å². The lowest BCUT2D eigenvalue weighted by Gasteiger charge is -2.07. The molecule has 0 radical (unpaired) electrons. The lowest BCUT2D eigenvalue weighted by atomic mass is 10.0. The van der Waals surface area contributed by atoms with Gasteiger partial charge >= 0.3 is 12.6 Å². The summed E-state index contributed by atoms with van der Waals surface area (Å²) < 4.78 is 33.5. The maximum atomic E-state index is 12.1. The molecule has 3 aromatic rings. The molecule has 3 aromatic carbocycles. The molecule has 0 atom stereocenters. The number of hydrogen-bond donors (Lipinski definition) is 0. The van der Waals surface area contributed by atoms with Gasteiger partial charge in [-0.15, -0.1) is 0 Å². The molecule has 0 N–H and O–H groups in total. The third-order valence-electron chi connectivity index (χ3n) is 3.96. The highest BCUT2D eigenvalue weighted by molar-refractivity contribution is 5.99. The van der Waals surface area contributed by atoms with Crippen LogP contribution in [-0.2, 0) is 4.74 Å². The lowest BCUT2D eigenvalue weighted by Crippen LogP contribution is -2.14. The molecule has 4 nitrogen and oxygen atoms in total. The third-order valence-corrected chi connectivity index (χ3v) is 3.96. The first-order chi connectivity index (χ1) is 13.5. The summed E-state index contributed by atoms with van der Waals surface area (Å²) in [4.78, 5) is 24.2. The minimum absolute atomic E-state index is 0.0537. The third kappa shape index (κ3) is 5.01. The van der Waals surface area contributed by atoms with E-state index in [0.717, 1.165) is 11.1 Å². The van der Waals surface area contributed by atoms with Gasteiger partial charge in [0.2, 0.25) is 0 Å². The first-order valence-electron chi connectivity index (χ1n) is 8.43. The maximum absolute atomic E-state index is 12.1. The van der Waals surface area contributed by atoms with Gasteiger partial charge in [0.25, 0.3) is 0 Å². The minimum atomic E-state index is -2.93. The Bertz CT molecular complexity index is 937. The van der Waals surface area contributed by atoms with E-state index < -0.39 is 25.0 Å². The Morgan fingerprint density at radius 2 is 1.32 bits per heavy atom. The summed E-state index contributed by atoms with van der Waals surface area (Å²) in [6, 6.07) is 21.7. The van der Waals surface area contributed by atoms with Crippen molar-refractivity contribution < 1.29 is 27.8 Å². The molecule has 0 spiro atoms. The molecule has 28 heavy (non-hydrogen) atoms. The minimum Gasteiger partial charge on any atom is -0.454 e. The van der Waals surface area contributed by atoms with E-state index in [1.807, 2.05) is 30.3 Å². The van der Waals surface area contributed by atoms with Gasteiger partial charge in [-0.3, -0.25) is 4.79 Å². The molecule has 6 heteroatoms. The number of esters is 1. The zero-order valence-corrected chi connectivity index (χ0v) is 14.7. The van der Waals surface area contributed by atoms with Gasteiger partial charge in [-0.1, -0.05) is 42.5 Å². The molecule has 0 aliphatic heterocycles. The molecule has 0 saturated carbocycles. The molecule has 0 aliphatic carbocycles. The Hall–Kier alpha value is -3.54. The number of halogens is 2. The molecule has 0 heterocycles. The second kappa shape index (κ2) is 8.90. The molecule has 0 fully saturated rings. The van der Waals surface area contributed by atoms with Crippen molar-refractivity contribution in [1.82, 2.24) is 0 Å². The van der Waals surface area contributed by atoms with Crippen molar-refractivity contribution in [1.29, 1.82) is 0 Å². The Balaban J connectivity index is 1.57. The summed E-state index contributed by atoms with van der Waals surface area (Å²) >= 11 is 0. The number of carbonyl (C=O) groups is 2. The van der Waals surface area contributed by atoms with E-state index in [1.54, 1.807) is 24.3 Å². The second-order valence-corrected chi connectivity index (χ2v) is 5.85. The van der Waals surface area contributed by atoms with Gasteiger partial charge < -0.3 is 9.47 Å². The van der Waals surface area contributed by atoms with Gasteiger partial charge in [0, 0.05) is 5.56 Å². The zero-order chi connectivity index (χ0) is 19.9. The zero-order valence-electron chi connectivity index (χ0n) is 14.7. The highest BCUT2D eigenvalue weighted by Crippen LogP contribution is 2.20. The van der Waals surface area contributed by atoms with Crippen LogP contribution in [0.5, 0.6) is 5.75 Å². The van der Waals surface area contributed by atoms with Crippen LogP contribution in [-0.4, -0.2) is 25.0 Å². The van der Waals surface area contributed by atoms with Crippen molar-refractivity contribution in [2.45, 2.75) is 6.61 Å². The van der Waals surface area contributed by atoms with Crippen molar-refractivity contribution >= 4 is 11.8 Å². The Morgan fingerprint density at radius 3 is 1.93 bits per heavy atom. The molecule has 0 amide bonds. The molecular weight excluding hydrogens is 366 g/mol. The topological polar surface area (TPSA) is 52.6 Å². The number of alkyl halides is 2. The van der Waals surface area contributed by atoms with Crippen LogP contribution in [0.25, 0.3) is 11.1 Å². The molecule has 142 valence electrons. The summed E-state index contributed by atoms with van der Waals surface area (Å²) in [6.07, 6.45) is 0. The Kier molecular flexibility index (Phi) is 6.11. The van der Waals surface area contributed by atoms with Crippen LogP contribution < -0.4 is 4.74 Å². The van der Waals surface area contributed by atoms with Crippen LogP contribution in [0.4, 0.5) is 8.78 Å². The van der Waals surface area contributed by atoms with Crippen LogP contribution in [0.3, 0.4) is 0 Å². The van der Waals surface area contributed by atoms with Gasteiger partial charge in [-0.25, -0.2) is 4.79 Å². The Morgan fingerprint density at radius 1 is 0.750 bits per heavy atom. The summed E-state index contributed by atoms with van der Waals surface area (Å²) in [5, 5.41) is 0. The average Bonchev–Trinajstić information content (AvgIpc) is 2.72. The number of benzene rings is 3. The van der Waals surface area contributed by atoms with Gasteiger partial charge in [0.05, 0.1) is 5.56 Å². The van der Waals surface area contributed by atoms with Crippen LogP contribution >= 0.6 is 0 Å². The summed E-state index contributed by atoms with van der Waals surface area (Å²) in [6.45, 7) is -3.38. The molecule has 3 rings (SSSR count). The predicted octanol–water partition coefficient (Wildman–Crippen LogP) is 4.99. The van der Waals surface area contributed by atoms with E-state index in [1.165, 1.54) is 24.3 Å². The quantitative estimate of drug-likeness (QED) is 0.427. The number of ether oxygens (including phenoxy) is 2. The van der Waals surface area contributed by atoms with E-state index in [4.69, 9.17) is 4.74 Å². The van der Waals surface area contributed by atoms with Crippen molar-refractivity contribution in [3.8, 4) is 16.9 Å². The highest BCUT2D eigenvalue weighted by atomic mass is 19.3.